The lowest BCUT2D eigenvalue weighted by Crippen LogP contribution is -2.66. The average molecular weight is 323 g/mol. The maximum Gasteiger partial charge on any atom is 0.261 e. The van der Waals surface area contributed by atoms with Crippen molar-refractivity contribution in [1.82, 2.24) is 0 Å². The molecule has 0 unspecified atom stereocenters. The third kappa shape index (κ3) is 3.71. The fourth-order valence-corrected chi connectivity index (χ4v) is 7.59. The molecule has 0 bridgehead atoms. The predicted molar refractivity (Wildman–Crippen MR) is 103 cm³/mol. The molecular weight excluding hydrogens is 296 g/mol. The molecule has 0 atom stereocenters. The zero-order valence-electron chi connectivity index (χ0n) is 14.3. The summed E-state index contributed by atoms with van der Waals surface area (Å²) in [4.78, 5) is 0. The highest BCUT2D eigenvalue weighted by atomic mass is 28.4. The van der Waals surface area contributed by atoms with E-state index in [1.54, 1.807) is 6.08 Å². The molecule has 0 saturated carbocycles. The molecule has 0 radical (unpaired) electrons. The molecule has 23 heavy (non-hydrogen) atoms. The Morgan fingerprint density at radius 2 is 1.39 bits per heavy atom. The number of hydrogen-bond acceptors (Lipinski definition) is 1. The second-order valence-corrected chi connectivity index (χ2v) is 10.9. The van der Waals surface area contributed by atoms with E-state index in [0.717, 1.165) is 0 Å². The smallest absolute Gasteiger partial charge is 0.261 e. The number of hydrogen-bond donors (Lipinski definition) is 0. The van der Waals surface area contributed by atoms with Gasteiger partial charge in [-0.3, -0.25) is 0 Å². The van der Waals surface area contributed by atoms with Crippen LogP contribution in [0.4, 0.5) is 0 Å². The molecule has 0 heterocycles. The third-order valence-electron chi connectivity index (χ3n) is 4.09. The van der Waals surface area contributed by atoms with Gasteiger partial charge in [-0.15, -0.1) is 0 Å². The van der Waals surface area contributed by atoms with Crippen molar-refractivity contribution in [3.63, 3.8) is 0 Å². The van der Waals surface area contributed by atoms with Crippen LogP contribution in [0, 0.1) is 0 Å². The summed E-state index contributed by atoms with van der Waals surface area (Å²) in [7, 11) is -2.38. The summed E-state index contributed by atoms with van der Waals surface area (Å²) in [6.45, 7) is 11.2. The molecule has 0 fully saturated rings. The van der Waals surface area contributed by atoms with Crippen LogP contribution in [0.3, 0.4) is 0 Å². The fraction of sp³-hybridized carbons (Fsp3) is 0.238. The van der Waals surface area contributed by atoms with E-state index < -0.39 is 8.32 Å². The Morgan fingerprint density at radius 3 is 1.78 bits per heavy atom. The summed E-state index contributed by atoms with van der Waals surface area (Å²) in [5.41, 5.74) is 0. The molecule has 0 aliphatic carbocycles. The van der Waals surface area contributed by atoms with Crippen molar-refractivity contribution in [3.8, 4) is 0 Å². The Morgan fingerprint density at radius 1 is 0.913 bits per heavy atom. The van der Waals surface area contributed by atoms with Crippen molar-refractivity contribution in [1.29, 1.82) is 0 Å². The van der Waals surface area contributed by atoms with Gasteiger partial charge in [0, 0.05) is 0 Å². The maximum atomic E-state index is 6.67. The maximum absolute atomic E-state index is 6.67. The van der Waals surface area contributed by atoms with Gasteiger partial charge < -0.3 is 4.43 Å². The van der Waals surface area contributed by atoms with Crippen LogP contribution in [0.25, 0.3) is 0 Å². The van der Waals surface area contributed by atoms with Gasteiger partial charge in [0.15, 0.2) is 0 Å². The van der Waals surface area contributed by atoms with Crippen LogP contribution < -0.4 is 10.4 Å². The van der Waals surface area contributed by atoms with Crippen LogP contribution in [0.1, 0.15) is 20.8 Å². The van der Waals surface area contributed by atoms with Crippen molar-refractivity contribution in [3.05, 3.63) is 85.5 Å². The van der Waals surface area contributed by atoms with Gasteiger partial charge in [0.25, 0.3) is 8.32 Å². The second-order valence-electron chi connectivity index (χ2n) is 6.64. The highest BCUT2D eigenvalue weighted by Crippen LogP contribution is 2.36. The van der Waals surface area contributed by atoms with Crippen LogP contribution in [-0.4, -0.2) is 14.9 Å². The molecule has 2 aromatic carbocycles. The minimum atomic E-state index is -2.38. The molecule has 0 amide bonds. The first-order chi connectivity index (χ1) is 11.0. The van der Waals surface area contributed by atoms with E-state index in [2.05, 4.69) is 88.0 Å². The van der Waals surface area contributed by atoms with E-state index in [-0.39, 0.29) is 5.04 Å². The van der Waals surface area contributed by atoms with Crippen molar-refractivity contribution in [2.45, 2.75) is 25.8 Å². The summed E-state index contributed by atoms with van der Waals surface area (Å²) < 4.78 is 6.67. The van der Waals surface area contributed by atoms with E-state index in [4.69, 9.17) is 4.43 Å². The minimum Gasteiger partial charge on any atom is -0.404 e. The summed E-state index contributed by atoms with van der Waals surface area (Å²) in [5.74, 6) is 0. The molecular formula is C21H26OSi. The predicted octanol–water partition coefficient (Wildman–Crippen LogP) is 4.31. The average Bonchev–Trinajstić information content (AvgIpc) is 2.55. The lowest BCUT2D eigenvalue weighted by atomic mass is 10.2. The van der Waals surface area contributed by atoms with Crippen LogP contribution in [-0.2, 0) is 4.43 Å². The largest absolute Gasteiger partial charge is 0.404 e. The SMILES string of the molecule is C=C/C=C/CO[Si](c1ccccc1)(c1ccccc1)C(C)(C)C. The Bertz CT molecular complexity index is 599. The monoisotopic (exact) mass is 322 g/mol. The van der Waals surface area contributed by atoms with Crippen molar-refractivity contribution < 1.29 is 4.43 Å². The van der Waals surface area contributed by atoms with Gasteiger partial charge in [0.2, 0.25) is 0 Å². The lowest BCUT2D eigenvalue weighted by molar-refractivity contribution is 0.339. The molecule has 2 heteroatoms. The van der Waals surface area contributed by atoms with E-state index in [1.807, 2.05) is 12.2 Å². The standard InChI is InChI=1S/C21H26OSi/c1-5-6-13-18-22-23(21(2,3)4,19-14-9-7-10-15-19)20-16-11-8-12-17-20/h5-17H,1,18H2,2-4H3/b13-6+. The van der Waals surface area contributed by atoms with Crippen LogP contribution >= 0.6 is 0 Å². The second kappa shape index (κ2) is 7.58. The Kier molecular flexibility index (Phi) is 5.75. The molecule has 2 rings (SSSR count). The van der Waals surface area contributed by atoms with Crippen molar-refractivity contribution >= 4 is 18.7 Å². The molecule has 0 N–H and O–H groups in total. The first-order valence-electron chi connectivity index (χ1n) is 8.05. The van der Waals surface area contributed by atoms with Gasteiger partial charge in [-0.05, 0) is 15.4 Å². The highest BCUT2D eigenvalue weighted by Gasteiger charge is 2.49. The van der Waals surface area contributed by atoms with E-state index in [0.29, 0.717) is 6.61 Å². The molecule has 2 aromatic rings. The summed E-state index contributed by atoms with van der Waals surface area (Å²) in [6.07, 6.45) is 5.76. The van der Waals surface area contributed by atoms with Gasteiger partial charge in [-0.1, -0.05) is 106 Å². The highest BCUT2D eigenvalue weighted by molar-refractivity contribution is 6.99. The number of benzene rings is 2. The quantitative estimate of drug-likeness (QED) is 0.569. The minimum absolute atomic E-state index is 0.0255. The van der Waals surface area contributed by atoms with Gasteiger partial charge in [0.1, 0.15) is 0 Å². The lowest BCUT2D eigenvalue weighted by Gasteiger charge is -2.42. The van der Waals surface area contributed by atoms with Crippen LogP contribution in [0.5, 0.6) is 0 Å². The Balaban J connectivity index is 2.59. The van der Waals surface area contributed by atoms with E-state index in [1.165, 1.54) is 10.4 Å². The molecule has 1 nitrogen and oxygen atoms in total. The topological polar surface area (TPSA) is 9.23 Å². The van der Waals surface area contributed by atoms with Crippen molar-refractivity contribution in [2.24, 2.45) is 0 Å². The van der Waals surface area contributed by atoms with E-state index in [9.17, 15) is 0 Å². The first kappa shape index (κ1) is 17.5. The molecule has 0 spiro atoms. The molecule has 0 saturated heterocycles. The number of rotatable bonds is 6. The molecule has 0 aromatic heterocycles. The normalized spacial score (nSPS) is 12.5. The summed E-state index contributed by atoms with van der Waals surface area (Å²) >= 11 is 0. The summed E-state index contributed by atoms with van der Waals surface area (Å²) in [6, 6.07) is 21.4. The zero-order valence-corrected chi connectivity index (χ0v) is 15.3. The molecule has 0 aliphatic heterocycles. The van der Waals surface area contributed by atoms with Gasteiger partial charge >= 0.3 is 0 Å². The van der Waals surface area contributed by atoms with Crippen LogP contribution in [0.15, 0.2) is 85.5 Å². The van der Waals surface area contributed by atoms with Gasteiger partial charge in [-0.2, -0.15) is 0 Å². The van der Waals surface area contributed by atoms with Gasteiger partial charge in [0.05, 0.1) is 6.61 Å². The Hall–Kier alpha value is -1.90. The number of allylic oxidation sites excluding steroid dienone is 2. The molecule has 0 aliphatic rings. The first-order valence-corrected chi connectivity index (χ1v) is 9.96. The summed E-state index contributed by atoms with van der Waals surface area (Å²) in [5, 5.41) is 2.65. The third-order valence-corrected chi connectivity index (χ3v) is 9.09. The van der Waals surface area contributed by atoms with E-state index >= 15 is 0 Å². The van der Waals surface area contributed by atoms with Gasteiger partial charge in [-0.25, -0.2) is 0 Å². The van der Waals surface area contributed by atoms with Crippen LogP contribution in [0.2, 0.25) is 5.04 Å². The fourth-order valence-electron chi connectivity index (χ4n) is 3.09. The van der Waals surface area contributed by atoms with Crippen molar-refractivity contribution in [2.75, 3.05) is 6.61 Å². The zero-order chi connectivity index (χ0) is 16.8. The molecule has 120 valence electrons. The Labute approximate surface area is 141 Å².